The topological polar surface area (TPSA) is 43.3 Å². The third kappa shape index (κ3) is 4.13. The van der Waals surface area contributed by atoms with Gasteiger partial charge in [0.15, 0.2) is 0 Å². The molecule has 0 aliphatic carbocycles. The lowest BCUT2D eigenvalue weighted by Gasteiger charge is -2.20. The van der Waals surface area contributed by atoms with Crippen LogP contribution in [-0.4, -0.2) is 24.1 Å². The Labute approximate surface area is 132 Å². The Morgan fingerprint density at radius 3 is 2.41 bits per heavy atom. The lowest BCUT2D eigenvalue weighted by Crippen LogP contribution is -2.26. The standard InChI is InChI=1S/C18H24N2O2/c1-18(2,3)20-12-10-15(13-20)17(21)19-11-9-14-5-7-16(22-4)8-6-14/h5-8,10,12-13H,9,11H2,1-4H3,(H,19,21). The highest BCUT2D eigenvalue weighted by molar-refractivity contribution is 5.94. The molecule has 1 heterocycles. The third-order valence-electron chi connectivity index (χ3n) is 3.59. The van der Waals surface area contributed by atoms with Gasteiger partial charge >= 0.3 is 0 Å². The van der Waals surface area contributed by atoms with Crippen molar-refractivity contribution in [2.75, 3.05) is 13.7 Å². The minimum atomic E-state index is -0.0310. The van der Waals surface area contributed by atoms with E-state index in [4.69, 9.17) is 4.74 Å². The lowest BCUT2D eigenvalue weighted by molar-refractivity contribution is 0.0954. The van der Waals surface area contributed by atoms with Crippen molar-refractivity contribution in [3.8, 4) is 5.75 Å². The zero-order chi connectivity index (χ0) is 16.2. The summed E-state index contributed by atoms with van der Waals surface area (Å²) < 4.78 is 7.17. The second-order valence-electron chi connectivity index (χ2n) is 6.33. The average molecular weight is 300 g/mol. The Hall–Kier alpha value is -2.23. The molecule has 0 atom stereocenters. The largest absolute Gasteiger partial charge is 0.497 e. The van der Waals surface area contributed by atoms with Crippen molar-refractivity contribution in [2.45, 2.75) is 32.7 Å². The predicted octanol–water partition coefficient (Wildman–Crippen LogP) is 3.22. The molecule has 0 saturated carbocycles. The quantitative estimate of drug-likeness (QED) is 0.921. The molecule has 1 amide bonds. The number of hydrogen-bond acceptors (Lipinski definition) is 2. The van der Waals surface area contributed by atoms with Crippen LogP contribution in [-0.2, 0) is 12.0 Å². The maximum atomic E-state index is 12.1. The summed E-state index contributed by atoms with van der Waals surface area (Å²) in [6.45, 7) is 6.95. The molecule has 1 aromatic carbocycles. The van der Waals surface area contributed by atoms with Gasteiger partial charge < -0.3 is 14.6 Å². The number of rotatable bonds is 5. The molecule has 4 heteroatoms. The minimum absolute atomic E-state index is 0.0123. The number of nitrogens with one attached hydrogen (secondary N) is 1. The summed E-state index contributed by atoms with van der Waals surface area (Å²) in [4.78, 5) is 12.1. The van der Waals surface area contributed by atoms with Crippen LogP contribution >= 0.6 is 0 Å². The molecule has 0 radical (unpaired) electrons. The molecule has 1 aromatic heterocycles. The SMILES string of the molecule is COc1ccc(CCNC(=O)c2ccn(C(C)(C)C)c2)cc1. The number of methoxy groups -OCH3 is 1. The molecule has 0 unspecified atom stereocenters. The number of amides is 1. The first-order valence-electron chi connectivity index (χ1n) is 7.50. The van der Waals surface area contributed by atoms with Gasteiger partial charge in [0.25, 0.3) is 5.91 Å². The van der Waals surface area contributed by atoms with Gasteiger partial charge in [-0.3, -0.25) is 4.79 Å². The van der Waals surface area contributed by atoms with E-state index in [0.29, 0.717) is 12.1 Å². The highest BCUT2D eigenvalue weighted by atomic mass is 16.5. The first-order valence-corrected chi connectivity index (χ1v) is 7.50. The molecule has 0 saturated heterocycles. The molecule has 0 fully saturated rings. The number of carbonyl (C=O) groups is 1. The Bertz CT molecular complexity index is 621. The van der Waals surface area contributed by atoms with Gasteiger partial charge in [-0.05, 0) is 51.0 Å². The lowest BCUT2D eigenvalue weighted by atomic mass is 10.1. The van der Waals surface area contributed by atoms with Crippen molar-refractivity contribution in [1.82, 2.24) is 9.88 Å². The number of benzene rings is 1. The second kappa shape index (κ2) is 6.69. The van der Waals surface area contributed by atoms with E-state index in [9.17, 15) is 4.79 Å². The number of ether oxygens (including phenoxy) is 1. The first-order chi connectivity index (χ1) is 10.4. The summed E-state index contributed by atoms with van der Waals surface area (Å²) >= 11 is 0. The summed E-state index contributed by atoms with van der Waals surface area (Å²) in [6.07, 6.45) is 4.64. The molecule has 4 nitrogen and oxygen atoms in total. The molecule has 1 N–H and O–H groups in total. The zero-order valence-corrected chi connectivity index (χ0v) is 13.7. The molecular formula is C18H24N2O2. The van der Waals surface area contributed by atoms with Crippen LogP contribution in [0.3, 0.4) is 0 Å². The molecule has 0 aliphatic heterocycles. The minimum Gasteiger partial charge on any atom is -0.497 e. The molecule has 0 aliphatic rings. The van der Waals surface area contributed by atoms with Crippen molar-refractivity contribution < 1.29 is 9.53 Å². The Balaban J connectivity index is 1.86. The van der Waals surface area contributed by atoms with Crippen LogP contribution < -0.4 is 10.1 Å². The summed E-state index contributed by atoms with van der Waals surface area (Å²) in [5.41, 5.74) is 1.86. The van der Waals surface area contributed by atoms with Crippen LogP contribution in [0, 0.1) is 0 Å². The van der Waals surface area contributed by atoms with Crippen LogP contribution in [0.2, 0.25) is 0 Å². The van der Waals surface area contributed by atoms with Gasteiger partial charge in [-0.15, -0.1) is 0 Å². The van der Waals surface area contributed by atoms with Crippen LogP contribution in [0.25, 0.3) is 0 Å². The van der Waals surface area contributed by atoms with Gasteiger partial charge in [-0.2, -0.15) is 0 Å². The molecular weight excluding hydrogens is 276 g/mol. The van der Waals surface area contributed by atoms with E-state index >= 15 is 0 Å². The maximum Gasteiger partial charge on any atom is 0.252 e. The fraction of sp³-hybridized carbons (Fsp3) is 0.389. The van der Waals surface area contributed by atoms with Crippen LogP contribution in [0.15, 0.2) is 42.7 Å². The molecule has 0 spiro atoms. The van der Waals surface area contributed by atoms with Crippen molar-refractivity contribution in [1.29, 1.82) is 0 Å². The van der Waals surface area contributed by atoms with Crippen LogP contribution in [0.1, 0.15) is 36.7 Å². The molecule has 2 aromatic rings. The highest BCUT2D eigenvalue weighted by Crippen LogP contribution is 2.15. The number of hydrogen-bond donors (Lipinski definition) is 1. The molecule has 2 rings (SSSR count). The molecule has 118 valence electrons. The summed E-state index contributed by atoms with van der Waals surface area (Å²) in [6, 6.07) is 9.75. The Morgan fingerprint density at radius 1 is 1.18 bits per heavy atom. The average Bonchev–Trinajstić information content (AvgIpc) is 2.98. The fourth-order valence-electron chi connectivity index (χ4n) is 2.16. The van der Waals surface area contributed by atoms with Gasteiger partial charge in [-0.1, -0.05) is 12.1 Å². The van der Waals surface area contributed by atoms with E-state index < -0.39 is 0 Å². The first kappa shape index (κ1) is 16.1. The maximum absolute atomic E-state index is 12.1. The van der Waals surface area contributed by atoms with E-state index in [2.05, 4.69) is 26.1 Å². The van der Waals surface area contributed by atoms with E-state index in [-0.39, 0.29) is 11.4 Å². The van der Waals surface area contributed by atoms with Gasteiger partial charge in [0.1, 0.15) is 5.75 Å². The monoisotopic (exact) mass is 300 g/mol. The van der Waals surface area contributed by atoms with E-state index in [1.807, 2.05) is 47.3 Å². The van der Waals surface area contributed by atoms with Gasteiger partial charge in [0.2, 0.25) is 0 Å². The summed E-state index contributed by atoms with van der Waals surface area (Å²) in [5.74, 6) is 0.813. The summed E-state index contributed by atoms with van der Waals surface area (Å²) in [7, 11) is 1.65. The number of aromatic nitrogens is 1. The molecule has 0 bridgehead atoms. The van der Waals surface area contributed by atoms with E-state index in [0.717, 1.165) is 12.2 Å². The second-order valence-corrected chi connectivity index (χ2v) is 6.33. The zero-order valence-electron chi connectivity index (χ0n) is 13.7. The Kier molecular flexibility index (Phi) is 4.91. The van der Waals surface area contributed by atoms with E-state index in [1.54, 1.807) is 7.11 Å². The normalized spacial score (nSPS) is 11.3. The van der Waals surface area contributed by atoms with Crippen molar-refractivity contribution >= 4 is 5.91 Å². The van der Waals surface area contributed by atoms with Gasteiger partial charge in [0, 0.05) is 24.5 Å². The Morgan fingerprint density at radius 2 is 1.86 bits per heavy atom. The van der Waals surface area contributed by atoms with E-state index in [1.165, 1.54) is 5.56 Å². The van der Waals surface area contributed by atoms with Crippen molar-refractivity contribution in [3.63, 3.8) is 0 Å². The van der Waals surface area contributed by atoms with Crippen LogP contribution in [0.5, 0.6) is 5.75 Å². The fourth-order valence-corrected chi connectivity index (χ4v) is 2.16. The van der Waals surface area contributed by atoms with Crippen LogP contribution in [0.4, 0.5) is 0 Å². The third-order valence-corrected chi connectivity index (χ3v) is 3.59. The van der Waals surface area contributed by atoms with Gasteiger partial charge in [0.05, 0.1) is 12.7 Å². The van der Waals surface area contributed by atoms with Crippen molar-refractivity contribution in [2.24, 2.45) is 0 Å². The van der Waals surface area contributed by atoms with Gasteiger partial charge in [-0.25, -0.2) is 0 Å². The highest BCUT2D eigenvalue weighted by Gasteiger charge is 2.14. The predicted molar refractivity (Wildman–Crippen MR) is 88.5 cm³/mol. The summed E-state index contributed by atoms with van der Waals surface area (Å²) in [5, 5.41) is 2.96. The smallest absolute Gasteiger partial charge is 0.252 e. The van der Waals surface area contributed by atoms with Crippen molar-refractivity contribution in [3.05, 3.63) is 53.9 Å². The molecule has 22 heavy (non-hydrogen) atoms. The number of nitrogens with zero attached hydrogens (tertiary/aromatic N) is 1. The number of carbonyl (C=O) groups excluding carboxylic acids is 1.